The first-order chi connectivity index (χ1) is 13.5. The number of H-pyrrole nitrogens is 1. The van der Waals surface area contributed by atoms with Crippen LogP contribution in [0.3, 0.4) is 0 Å². The predicted molar refractivity (Wildman–Crippen MR) is 111 cm³/mol. The second-order valence-corrected chi connectivity index (χ2v) is 7.01. The number of rotatable bonds is 3. The molecule has 4 aromatic rings. The van der Waals surface area contributed by atoms with Crippen LogP contribution in [0.25, 0.3) is 16.7 Å². The molecule has 0 saturated carbocycles. The van der Waals surface area contributed by atoms with Gasteiger partial charge in [-0.3, -0.25) is 9.59 Å². The Labute approximate surface area is 169 Å². The van der Waals surface area contributed by atoms with E-state index in [0.29, 0.717) is 27.4 Å². The number of pyridine rings is 1. The zero-order chi connectivity index (χ0) is 19.8. The molecule has 0 fully saturated rings. The van der Waals surface area contributed by atoms with Gasteiger partial charge in [-0.25, -0.2) is 4.68 Å². The smallest absolute Gasteiger partial charge is 0.261 e. The molecule has 0 aliphatic carbocycles. The first-order valence-electron chi connectivity index (χ1n) is 8.38. The molecule has 2 aromatic heterocycles. The number of benzene rings is 2. The van der Waals surface area contributed by atoms with Crippen LogP contribution in [0.4, 0.5) is 5.69 Å². The number of aromatic nitrogens is 3. The number of carbonyl (C=O) groups is 1. The van der Waals surface area contributed by atoms with Gasteiger partial charge in [0.05, 0.1) is 27.5 Å². The van der Waals surface area contributed by atoms with Crippen molar-refractivity contribution >= 4 is 45.8 Å². The molecule has 0 unspecified atom stereocenters. The fourth-order valence-corrected chi connectivity index (χ4v) is 3.43. The van der Waals surface area contributed by atoms with Crippen LogP contribution in [-0.2, 0) is 0 Å². The lowest BCUT2D eigenvalue weighted by Crippen LogP contribution is -2.22. The van der Waals surface area contributed by atoms with Crippen LogP contribution in [0.1, 0.15) is 16.1 Å². The first-order valence-corrected chi connectivity index (χ1v) is 9.14. The zero-order valence-corrected chi connectivity index (χ0v) is 16.2. The van der Waals surface area contributed by atoms with Gasteiger partial charge >= 0.3 is 0 Å². The van der Waals surface area contributed by atoms with E-state index < -0.39 is 11.3 Å². The van der Waals surface area contributed by atoms with E-state index in [1.807, 2.05) is 30.3 Å². The Morgan fingerprint density at radius 3 is 2.61 bits per heavy atom. The molecule has 2 aromatic carbocycles. The van der Waals surface area contributed by atoms with Crippen molar-refractivity contribution in [2.24, 2.45) is 0 Å². The second-order valence-electron chi connectivity index (χ2n) is 6.17. The van der Waals surface area contributed by atoms with Crippen LogP contribution in [0.15, 0.2) is 59.5 Å². The van der Waals surface area contributed by atoms with Crippen molar-refractivity contribution in [1.82, 2.24) is 14.8 Å². The van der Waals surface area contributed by atoms with E-state index in [1.165, 1.54) is 12.3 Å². The molecule has 0 saturated heterocycles. The van der Waals surface area contributed by atoms with Crippen molar-refractivity contribution in [2.75, 3.05) is 5.32 Å². The molecule has 0 aliphatic heterocycles. The molecule has 0 radical (unpaired) electrons. The third-order valence-electron chi connectivity index (χ3n) is 4.31. The SMILES string of the molecule is Cc1nn(-c2ccccc2)c2[nH]cc(C(=O)Nc3ccc(Cl)cc3Cl)c(=O)c12. The number of para-hydroxylation sites is 1. The molecule has 2 N–H and O–H groups in total. The number of fused-ring (bicyclic) bond motifs is 1. The average molecular weight is 413 g/mol. The molecule has 1 amide bonds. The first kappa shape index (κ1) is 18.3. The van der Waals surface area contributed by atoms with Gasteiger partial charge in [0, 0.05) is 11.2 Å². The van der Waals surface area contributed by atoms with Gasteiger partial charge in [0.2, 0.25) is 5.43 Å². The molecule has 8 heteroatoms. The summed E-state index contributed by atoms with van der Waals surface area (Å²) in [5.41, 5.74) is 1.79. The molecule has 0 spiro atoms. The van der Waals surface area contributed by atoms with E-state index in [0.717, 1.165) is 5.69 Å². The highest BCUT2D eigenvalue weighted by molar-refractivity contribution is 6.36. The molecular weight excluding hydrogens is 399 g/mol. The van der Waals surface area contributed by atoms with Gasteiger partial charge in [0.1, 0.15) is 11.2 Å². The summed E-state index contributed by atoms with van der Waals surface area (Å²) in [6.45, 7) is 1.73. The number of nitrogens with zero attached hydrogens (tertiary/aromatic N) is 2. The number of amides is 1. The number of halogens is 2. The summed E-state index contributed by atoms with van der Waals surface area (Å²) in [7, 11) is 0. The summed E-state index contributed by atoms with van der Waals surface area (Å²) in [6, 6.07) is 14.1. The Balaban J connectivity index is 1.77. The van der Waals surface area contributed by atoms with Crippen molar-refractivity contribution in [3.05, 3.63) is 86.3 Å². The third kappa shape index (κ3) is 3.17. The molecular formula is C20H14Cl2N4O2. The Morgan fingerprint density at radius 1 is 1.14 bits per heavy atom. The number of hydrogen-bond acceptors (Lipinski definition) is 3. The summed E-state index contributed by atoms with van der Waals surface area (Å²) in [5, 5.41) is 8.18. The fourth-order valence-electron chi connectivity index (χ4n) is 2.98. The molecule has 4 rings (SSSR count). The minimum atomic E-state index is -0.570. The zero-order valence-electron chi connectivity index (χ0n) is 14.7. The van der Waals surface area contributed by atoms with E-state index >= 15 is 0 Å². The Morgan fingerprint density at radius 2 is 1.89 bits per heavy atom. The molecule has 28 heavy (non-hydrogen) atoms. The van der Waals surface area contributed by atoms with Gasteiger partial charge in [-0.2, -0.15) is 5.10 Å². The summed E-state index contributed by atoms with van der Waals surface area (Å²) in [4.78, 5) is 28.7. The number of carbonyl (C=O) groups excluding carboxylic acids is 1. The highest BCUT2D eigenvalue weighted by Crippen LogP contribution is 2.26. The van der Waals surface area contributed by atoms with Crippen molar-refractivity contribution in [3.8, 4) is 5.69 Å². The lowest BCUT2D eigenvalue weighted by Gasteiger charge is -2.08. The minimum Gasteiger partial charge on any atom is -0.345 e. The van der Waals surface area contributed by atoms with Gasteiger partial charge in [-0.05, 0) is 37.3 Å². The molecule has 2 heterocycles. The summed E-state index contributed by atoms with van der Waals surface area (Å²) >= 11 is 12.0. The summed E-state index contributed by atoms with van der Waals surface area (Å²) in [5.74, 6) is -0.570. The van der Waals surface area contributed by atoms with Gasteiger partial charge in [-0.1, -0.05) is 41.4 Å². The largest absolute Gasteiger partial charge is 0.345 e. The Hall–Kier alpha value is -3.09. The number of aromatic amines is 1. The maximum Gasteiger partial charge on any atom is 0.261 e. The van der Waals surface area contributed by atoms with Crippen LogP contribution >= 0.6 is 23.2 Å². The number of hydrogen-bond donors (Lipinski definition) is 2. The van der Waals surface area contributed by atoms with Crippen LogP contribution in [-0.4, -0.2) is 20.7 Å². The standard InChI is InChI=1S/C20H14Cl2N4O2/c1-11-17-18(27)14(20(28)24-16-8-7-12(21)9-15(16)22)10-23-19(17)26(25-11)13-5-3-2-4-6-13/h2-10H,1H3,(H,23,27)(H,24,28). The maximum absolute atomic E-state index is 13.0. The van der Waals surface area contributed by atoms with Crippen LogP contribution < -0.4 is 10.7 Å². The van der Waals surface area contributed by atoms with Crippen molar-refractivity contribution in [3.63, 3.8) is 0 Å². The van der Waals surface area contributed by atoms with E-state index in [2.05, 4.69) is 15.4 Å². The van der Waals surface area contributed by atoms with E-state index in [-0.39, 0.29) is 10.6 Å². The van der Waals surface area contributed by atoms with Crippen molar-refractivity contribution in [1.29, 1.82) is 0 Å². The quantitative estimate of drug-likeness (QED) is 0.516. The molecule has 0 aliphatic rings. The van der Waals surface area contributed by atoms with Gasteiger partial charge in [-0.15, -0.1) is 0 Å². The average Bonchev–Trinajstić information content (AvgIpc) is 3.02. The van der Waals surface area contributed by atoms with Crippen LogP contribution in [0.5, 0.6) is 0 Å². The highest BCUT2D eigenvalue weighted by atomic mass is 35.5. The van der Waals surface area contributed by atoms with E-state index in [4.69, 9.17) is 23.2 Å². The highest BCUT2D eigenvalue weighted by Gasteiger charge is 2.19. The Bertz CT molecular complexity index is 1260. The number of aryl methyl sites for hydroxylation is 1. The molecule has 0 bridgehead atoms. The number of anilines is 1. The Kier molecular flexibility index (Phi) is 4.66. The van der Waals surface area contributed by atoms with Crippen molar-refractivity contribution < 1.29 is 4.79 Å². The molecule has 140 valence electrons. The van der Waals surface area contributed by atoms with E-state index in [9.17, 15) is 9.59 Å². The van der Waals surface area contributed by atoms with Gasteiger partial charge < -0.3 is 10.3 Å². The monoisotopic (exact) mass is 412 g/mol. The van der Waals surface area contributed by atoms with E-state index in [1.54, 1.807) is 23.7 Å². The third-order valence-corrected chi connectivity index (χ3v) is 4.86. The predicted octanol–water partition coefficient (Wildman–Crippen LogP) is 4.58. The van der Waals surface area contributed by atoms with Crippen LogP contribution in [0, 0.1) is 6.92 Å². The fraction of sp³-hybridized carbons (Fsp3) is 0.0500. The van der Waals surface area contributed by atoms with Crippen molar-refractivity contribution in [2.45, 2.75) is 6.92 Å². The lowest BCUT2D eigenvalue weighted by molar-refractivity contribution is 0.102. The van der Waals surface area contributed by atoms with Crippen LogP contribution in [0.2, 0.25) is 10.0 Å². The summed E-state index contributed by atoms with van der Waals surface area (Å²) in [6.07, 6.45) is 1.38. The lowest BCUT2D eigenvalue weighted by atomic mass is 10.1. The maximum atomic E-state index is 13.0. The normalized spacial score (nSPS) is 11.0. The molecule has 0 atom stereocenters. The van der Waals surface area contributed by atoms with Gasteiger partial charge in [0.25, 0.3) is 5.91 Å². The second kappa shape index (κ2) is 7.14. The number of nitrogens with one attached hydrogen (secondary N) is 2. The van der Waals surface area contributed by atoms with Gasteiger partial charge in [0.15, 0.2) is 0 Å². The molecule has 6 nitrogen and oxygen atoms in total. The minimum absolute atomic E-state index is 0.0331. The summed E-state index contributed by atoms with van der Waals surface area (Å²) < 4.78 is 1.64. The topological polar surface area (TPSA) is 79.8 Å².